The molecule has 0 bridgehead atoms. The molecule has 0 aliphatic carbocycles. The van der Waals surface area contributed by atoms with Crippen LogP contribution in [0.15, 0.2) is 5.16 Å². The van der Waals surface area contributed by atoms with Crippen LogP contribution in [0.4, 0.5) is 0 Å². The van der Waals surface area contributed by atoms with E-state index in [9.17, 15) is 9.59 Å². The Labute approximate surface area is 113 Å². The van der Waals surface area contributed by atoms with E-state index in [2.05, 4.69) is 5.16 Å². The molecule has 1 heterocycles. The van der Waals surface area contributed by atoms with Crippen LogP contribution in [0.2, 0.25) is 0 Å². The van der Waals surface area contributed by atoms with Crippen LogP contribution < -0.4 is 0 Å². The van der Waals surface area contributed by atoms with E-state index in [-0.39, 0.29) is 15.6 Å². The molecular formula is C13H21NO3S. The minimum atomic E-state index is -0.413. The summed E-state index contributed by atoms with van der Waals surface area (Å²) in [4.78, 5) is 28.6. The van der Waals surface area contributed by atoms with Crippen molar-refractivity contribution in [3.8, 4) is 0 Å². The van der Waals surface area contributed by atoms with Gasteiger partial charge in [0.2, 0.25) is 0 Å². The quantitative estimate of drug-likeness (QED) is 0.322. The summed E-state index contributed by atoms with van der Waals surface area (Å²) >= 11 is 1.31. The highest BCUT2D eigenvalue weighted by atomic mass is 32.2. The Morgan fingerprint density at radius 1 is 1.50 bits per heavy atom. The summed E-state index contributed by atoms with van der Waals surface area (Å²) in [5, 5.41) is 3.76. The molecule has 1 atom stereocenters. The Morgan fingerprint density at radius 3 is 2.83 bits per heavy atom. The normalized spacial score (nSPS) is 23.6. The predicted molar refractivity (Wildman–Crippen MR) is 73.8 cm³/mol. The van der Waals surface area contributed by atoms with Crippen LogP contribution in [0, 0.1) is 5.92 Å². The number of unbranched alkanes of at least 4 members (excludes halogenated alkanes) is 1. The van der Waals surface area contributed by atoms with Crippen molar-refractivity contribution in [2.24, 2.45) is 11.1 Å². The van der Waals surface area contributed by atoms with Gasteiger partial charge in [0.25, 0.3) is 0 Å². The van der Waals surface area contributed by atoms with Crippen molar-refractivity contribution in [3.05, 3.63) is 0 Å². The van der Waals surface area contributed by atoms with Crippen LogP contribution in [-0.2, 0) is 14.4 Å². The molecule has 0 N–H and O–H groups in total. The summed E-state index contributed by atoms with van der Waals surface area (Å²) in [5.41, 5.74) is 0. The minimum absolute atomic E-state index is 0.0259. The Kier molecular flexibility index (Phi) is 5.85. The number of carbonyl (C=O) groups excluding carboxylic acids is 2. The summed E-state index contributed by atoms with van der Waals surface area (Å²) in [5.74, 6) is -0.325. The molecule has 0 aromatic carbocycles. The lowest BCUT2D eigenvalue weighted by atomic mass is 9.91. The maximum Gasteiger partial charge on any atom is 0.199 e. The van der Waals surface area contributed by atoms with E-state index in [1.165, 1.54) is 11.8 Å². The molecule has 0 aromatic rings. The SMILES string of the molecule is CCON=CCCCC1C(=O)CC(C)(C)SC1=O. The maximum absolute atomic E-state index is 11.9. The van der Waals surface area contributed by atoms with Crippen molar-refractivity contribution in [2.75, 3.05) is 6.61 Å². The molecule has 1 aliphatic rings. The van der Waals surface area contributed by atoms with E-state index in [1.807, 2.05) is 20.8 Å². The van der Waals surface area contributed by atoms with Crippen molar-refractivity contribution < 1.29 is 14.4 Å². The van der Waals surface area contributed by atoms with Gasteiger partial charge in [-0.05, 0) is 40.0 Å². The Bertz CT molecular complexity index is 319. The second-order valence-corrected chi connectivity index (χ2v) is 6.72. The largest absolute Gasteiger partial charge is 0.396 e. The second-order valence-electron chi connectivity index (χ2n) is 5.01. The fourth-order valence-corrected chi connectivity index (χ4v) is 3.08. The van der Waals surface area contributed by atoms with Crippen LogP contribution >= 0.6 is 11.8 Å². The first-order chi connectivity index (χ1) is 8.46. The summed E-state index contributed by atoms with van der Waals surface area (Å²) in [6.45, 7) is 6.31. The zero-order valence-electron chi connectivity index (χ0n) is 11.3. The first-order valence-electron chi connectivity index (χ1n) is 6.35. The molecule has 0 radical (unpaired) electrons. The molecule has 5 heteroatoms. The summed E-state index contributed by atoms with van der Waals surface area (Å²) < 4.78 is -0.235. The number of nitrogens with zero attached hydrogens (tertiary/aromatic N) is 1. The first kappa shape index (κ1) is 15.2. The second kappa shape index (κ2) is 6.92. The average Bonchev–Trinajstić information content (AvgIpc) is 2.24. The molecule has 102 valence electrons. The number of ketones is 1. The predicted octanol–water partition coefficient (Wildman–Crippen LogP) is 2.81. The Morgan fingerprint density at radius 2 is 2.22 bits per heavy atom. The van der Waals surface area contributed by atoms with Crippen LogP contribution in [0.3, 0.4) is 0 Å². The zero-order chi connectivity index (χ0) is 13.6. The van der Waals surface area contributed by atoms with E-state index >= 15 is 0 Å². The van der Waals surface area contributed by atoms with Crippen LogP contribution in [0.5, 0.6) is 0 Å². The third kappa shape index (κ3) is 4.80. The van der Waals surface area contributed by atoms with Crippen molar-refractivity contribution in [3.63, 3.8) is 0 Å². The third-order valence-corrected chi connectivity index (χ3v) is 3.94. The lowest BCUT2D eigenvalue weighted by Crippen LogP contribution is -2.36. The topological polar surface area (TPSA) is 55.7 Å². The Hall–Kier alpha value is -0.840. The van der Waals surface area contributed by atoms with Gasteiger partial charge in [0, 0.05) is 17.4 Å². The number of oxime groups is 1. The average molecular weight is 271 g/mol. The first-order valence-corrected chi connectivity index (χ1v) is 7.17. The van der Waals surface area contributed by atoms with Gasteiger partial charge in [-0.1, -0.05) is 16.9 Å². The number of Topliss-reactive ketones (excluding diaryl/α,β-unsaturated/α-hetero) is 1. The summed E-state index contributed by atoms with van der Waals surface area (Å²) in [6.07, 6.45) is 4.34. The highest BCUT2D eigenvalue weighted by Crippen LogP contribution is 2.38. The maximum atomic E-state index is 11.9. The van der Waals surface area contributed by atoms with Gasteiger partial charge in [0.1, 0.15) is 12.4 Å². The molecule has 4 nitrogen and oxygen atoms in total. The van der Waals surface area contributed by atoms with Crippen LogP contribution in [0.1, 0.15) is 46.5 Å². The lowest BCUT2D eigenvalue weighted by molar-refractivity contribution is -0.130. The van der Waals surface area contributed by atoms with Gasteiger partial charge in [-0.15, -0.1) is 0 Å². The standard InChI is InChI=1S/C13H21NO3S/c1-4-17-14-8-6-5-7-10-11(15)9-13(2,3)18-12(10)16/h8,10H,4-7,9H2,1-3H3. The number of carbonyl (C=O) groups is 2. The van der Waals surface area contributed by atoms with Crippen LogP contribution in [-0.4, -0.2) is 28.5 Å². The van der Waals surface area contributed by atoms with Gasteiger partial charge in [-0.25, -0.2) is 0 Å². The van der Waals surface area contributed by atoms with Gasteiger partial charge in [0.05, 0.1) is 5.92 Å². The molecule has 0 spiro atoms. The highest BCUT2D eigenvalue weighted by Gasteiger charge is 2.39. The number of hydrogen-bond donors (Lipinski definition) is 0. The molecule has 1 aliphatic heterocycles. The van der Waals surface area contributed by atoms with E-state index in [1.54, 1.807) is 6.21 Å². The van der Waals surface area contributed by atoms with Crippen molar-refractivity contribution in [1.82, 2.24) is 0 Å². The summed E-state index contributed by atoms with van der Waals surface area (Å²) in [7, 11) is 0. The zero-order valence-corrected chi connectivity index (χ0v) is 12.1. The number of hydrogen-bond acceptors (Lipinski definition) is 5. The minimum Gasteiger partial charge on any atom is -0.396 e. The van der Waals surface area contributed by atoms with Gasteiger partial charge in [-0.3, -0.25) is 9.59 Å². The molecule has 1 unspecified atom stereocenters. The van der Waals surface area contributed by atoms with Crippen molar-refractivity contribution in [2.45, 2.75) is 51.2 Å². The monoisotopic (exact) mass is 271 g/mol. The molecule has 1 fully saturated rings. The van der Waals surface area contributed by atoms with Crippen molar-refractivity contribution >= 4 is 28.9 Å². The number of rotatable bonds is 6. The van der Waals surface area contributed by atoms with Gasteiger partial charge >= 0.3 is 0 Å². The molecule has 0 saturated carbocycles. The van der Waals surface area contributed by atoms with E-state index < -0.39 is 5.92 Å². The van der Waals surface area contributed by atoms with Crippen LogP contribution in [0.25, 0.3) is 0 Å². The van der Waals surface area contributed by atoms with Gasteiger partial charge in [0.15, 0.2) is 5.12 Å². The fraction of sp³-hybridized carbons (Fsp3) is 0.769. The molecule has 1 saturated heterocycles. The molecule has 1 rings (SSSR count). The van der Waals surface area contributed by atoms with E-state index in [4.69, 9.17) is 4.84 Å². The van der Waals surface area contributed by atoms with Gasteiger partial charge in [-0.2, -0.15) is 0 Å². The lowest BCUT2D eigenvalue weighted by Gasteiger charge is -2.31. The van der Waals surface area contributed by atoms with E-state index in [0.29, 0.717) is 19.4 Å². The molecule has 0 amide bonds. The molecule has 0 aromatic heterocycles. The highest BCUT2D eigenvalue weighted by molar-refractivity contribution is 8.15. The Balaban J connectivity index is 2.34. The number of thioether (sulfide) groups is 1. The fourth-order valence-electron chi connectivity index (χ4n) is 1.93. The third-order valence-electron chi connectivity index (χ3n) is 2.75. The molecule has 18 heavy (non-hydrogen) atoms. The molecular weight excluding hydrogens is 250 g/mol. The van der Waals surface area contributed by atoms with E-state index in [0.717, 1.165) is 12.8 Å². The van der Waals surface area contributed by atoms with Crippen molar-refractivity contribution in [1.29, 1.82) is 0 Å². The summed E-state index contributed by atoms with van der Waals surface area (Å²) in [6, 6.07) is 0. The van der Waals surface area contributed by atoms with Gasteiger partial charge < -0.3 is 4.84 Å². The smallest absolute Gasteiger partial charge is 0.199 e.